The van der Waals surface area contributed by atoms with E-state index in [1.165, 1.54) is 18.6 Å². The summed E-state index contributed by atoms with van der Waals surface area (Å²) >= 11 is 0. The molecule has 1 heterocycles. The summed E-state index contributed by atoms with van der Waals surface area (Å²) in [5.41, 5.74) is 1.38. The average Bonchev–Trinajstić information content (AvgIpc) is 3.06. The van der Waals surface area contributed by atoms with E-state index in [1.54, 1.807) is 22.8 Å². The number of nitrogens with zero attached hydrogens (tertiary/aromatic N) is 2. The van der Waals surface area contributed by atoms with Crippen molar-refractivity contribution in [2.24, 2.45) is 11.8 Å². The van der Waals surface area contributed by atoms with Crippen LogP contribution in [0, 0.1) is 24.6 Å². The minimum absolute atomic E-state index is 0.0790. The lowest BCUT2D eigenvalue weighted by Crippen LogP contribution is -2.25. The predicted octanol–water partition coefficient (Wildman–Crippen LogP) is 3.19. The van der Waals surface area contributed by atoms with E-state index >= 15 is 0 Å². The van der Waals surface area contributed by atoms with Crippen molar-refractivity contribution in [3.05, 3.63) is 58.0 Å². The zero-order valence-electron chi connectivity index (χ0n) is 11.9. The van der Waals surface area contributed by atoms with Gasteiger partial charge in [-0.3, -0.25) is 9.36 Å². The minimum Gasteiger partial charge on any atom is -0.269 e. The third kappa shape index (κ3) is 2.19. The zero-order chi connectivity index (χ0) is 14.6. The lowest BCUT2D eigenvalue weighted by molar-refractivity contribution is 0.565. The highest BCUT2D eigenvalue weighted by molar-refractivity contribution is 5.34. The van der Waals surface area contributed by atoms with Gasteiger partial charge in [0.25, 0.3) is 5.56 Å². The van der Waals surface area contributed by atoms with Crippen molar-refractivity contribution in [1.29, 1.82) is 0 Å². The summed E-state index contributed by atoms with van der Waals surface area (Å²) in [6.07, 6.45) is 3.59. The number of aromatic nitrogens is 2. The maximum Gasteiger partial charge on any atom is 0.258 e. The van der Waals surface area contributed by atoms with Crippen LogP contribution < -0.4 is 5.56 Å². The molecule has 0 bridgehead atoms. The van der Waals surface area contributed by atoms with E-state index in [9.17, 15) is 9.18 Å². The molecule has 2 saturated carbocycles. The van der Waals surface area contributed by atoms with Gasteiger partial charge in [-0.2, -0.15) is 0 Å². The van der Waals surface area contributed by atoms with Crippen LogP contribution in [0.3, 0.4) is 0 Å². The van der Waals surface area contributed by atoms with Gasteiger partial charge in [-0.05, 0) is 62.3 Å². The number of benzene rings is 1. The van der Waals surface area contributed by atoms with Gasteiger partial charge in [-0.1, -0.05) is 0 Å². The normalized spacial score (nSPS) is 26.7. The maximum atomic E-state index is 13.1. The lowest BCUT2D eigenvalue weighted by atomic mass is 10.0. The molecule has 4 rings (SSSR count). The monoisotopic (exact) mass is 284 g/mol. The molecular formula is C17H17FN2O. The Hall–Kier alpha value is -1.97. The van der Waals surface area contributed by atoms with Crippen molar-refractivity contribution in [3.8, 4) is 5.69 Å². The summed E-state index contributed by atoms with van der Waals surface area (Å²) in [5, 5.41) is 0. The minimum atomic E-state index is -0.296. The van der Waals surface area contributed by atoms with E-state index in [0.29, 0.717) is 11.6 Å². The van der Waals surface area contributed by atoms with Gasteiger partial charge in [0.05, 0.1) is 5.69 Å². The molecule has 3 nitrogen and oxygen atoms in total. The van der Waals surface area contributed by atoms with Gasteiger partial charge < -0.3 is 0 Å². The fraction of sp³-hybridized carbons (Fsp3) is 0.412. The van der Waals surface area contributed by atoms with Gasteiger partial charge in [0, 0.05) is 17.7 Å². The lowest BCUT2D eigenvalue weighted by Gasteiger charge is -2.18. The van der Waals surface area contributed by atoms with Gasteiger partial charge in [0.15, 0.2) is 0 Å². The molecule has 0 amide bonds. The fourth-order valence-corrected chi connectivity index (χ4v) is 3.67. The van der Waals surface area contributed by atoms with Crippen molar-refractivity contribution in [2.75, 3.05) is 0 Å². The first-order valence-corrected chi connectivity index (χ1v) is 7.48. The van der Waals surface area contributed by atoms with Crippen LogP contribution in [-0.2, 0) is 0 Å². The fourth-order valence-electron chi connectivity index (χ4n) is 3.67. The van der Waals surface area contributed by atoms with Crippen molar-refractivity contribution >= 4 is 0 Å². The number of halogens is 1. The topological polar surface area (TPSA) is 34.9 Å². The molecule has 2 aromatic rings. The molecule has 1 aromatic carbocycles. The molecule has 1 aromatic heterocycles. The van der Waals surface area contributed by atoms with E-state index in [-0.39, 0.29) is 11.4 Å². The summed E-state index contributed by atoms with van der Waals surface area (Å²) in [6, 6.07) is 7.61. The van der Waals surface area contributed by atoms with Gasteiger partial charge in [0.2, 0.25) is 0 Å². The first-order chi connectivity index (χ1) is 10.1. The second-order valence-corrected chi connectivity index (χ2v) is 6.33. The van der Waals surface area contributed by atoms with Crippen LogP contribution in [-0.4, -0.2) is 9.55 Å². The van der Waals surface area contributed by atoms with Crippen molar-refractivity contribution in [2.45, 2.75) is 32.1 Å². The molecule has 0 N–H and O–H groups in total. The highest BCUT2D eigenvalue weighted by Gasteiger charge is 2.47. The molecule has 21 heavy (non-hydrogen) atoms. The second-order valence-electron chi connectivity index (χ2n) is 6.33. The summed E-state index contributed by atoms with van der Waals surface area (Å²) < 4.78 is 14.8. The molecule has 4 heteroatoms. The molecule has 108 valence electrons. The van der Waals surface area contributed by atoms with E-state index in [2.05, 4.69) is 4.98 Å². The van der Waals surface area contributed by atoms with Gasteiger partial charge in [0.1, 0.15) is 11.6 Å². The van der Waals surface area contributed by atoms with Crippen molar-refractivity contribution < 1.29 is 4.39 Å². The molecule has 0 radical (unpaired) electrons. The number of hydrogen-bond donors (Lipinski definition) is 0. The van der Waals surface area contributed by atoms with E-state index in [1.807, 2.05) is 6.92 Å². The van der Waals surface area contributed by atoms with Gasteiger partial charge in [-0.15, -0.1) is 0 Å². The summed E-state index contributed by atoms with van der Waals surface area (Å²) in [5.74, 6) is 2.56. The molecule has 2 atom stereocenters. The van der Waals surface area contributed by atoms with Crippen LogP contribution in [0.25, 0.3) is 5.69 Å². The van der Waals surface area contributed by atoms with Crippen LogP contribution >= 0.6 is 0 Å². The Balaban J connectivity index is 1.84. The Morgan fingerprint density at radius 2 is 1.81 bits per heavy atom. The number of fused-ring (bicyclic) bond motifs is 1. The van der Waals surface area contributed by atoms with Gasteiger partial charge >= 0.3 is 0 Å². The third-order valence-electron chi connectivity index (χ3n) is 4.77. The quantitative estimate of drug-likeness (QED) is 0.849. The number of hydrogen-bond acceptors (Lipinski definition) is 2. The average molecular weight is 284 g/mol. The molecule has 2 aliphatic rings. The Labute approximate surface area is 122 Å². The van der Waals surface area contributed by atoms with Crippen molar-refractivity contribution in [1.82, 2.24) is 9.55 Å². The van der Waals surface area contributed by atoms with E-state index < -0.39 is 0 Å². The summed E-state index contributed by atoms with van der Waals surface area (Å²) in [6.45, 7) is 1.86. The van der Waals surface area contributed by atoms with Crippen molar-refractivity contribution in [3.63, 3.8) is 0 Å². The van der Waals surface area contributed by atoms with Crippen LogP contribution in [0.15, 0.2) is 35.1 Å². The number of rotatable bonds is 2. The highest BCUT2D eigenvalue weighted by Crippen LogP contribution is 2.57. The maximum absolute atomic E-state index is 13.1. The first-order valence-electron chi connectivity index (χ1n) is 7.48. The molecular weight excluding hydrogens is 267 g/mol. The Kier molecular flexibility index (Phi) is 2.74. The summed E-state index contributed by atoms with van der Waals surface area (Å²) in [7, 11) is 0. The van der Waals surface area contributed by atoms with E-state index in [0.717, 1.165) is 36.2 Å². The largest absolute Gasteiger partial charge is 0.269 e. The molecule has 2 unspecified atom stereocenters. The Morgan fingerprint density at radius 3 is 2.48 bits per heavy atom. The number of aryl methyl sites for hydroxylation is 1. The zero-order valence-corrected chi connectivity index (χ0v) is 11.9. The van der Waals surface area contributed by atoms with Crippen LogP contribution in [0.2, 0.25) is 0 Å². The van der Waals surface area contributed by atoms with Gasteiger partial charge in [-0.25, -0.2) is 9.37 Å². The Morgan fingerprint density at radius 1 is 1.14 bits per heavy atom. The predicted molar refractivity (Wildman–Crippen MR) is 78.1 cm³/mol. The van der Waals surface area contributed by atoms with E-state index in [4.69, 9.17) is 0 Å². The smallest absolute Gasteiger partial charge is 0.258 e. The third-order valence-corrected chi connectivity index (χ3v) is 4.77. The molecule has 2 fully saturated rings. The SMILES string of the molecule is Cc1cc(=O)n(-c2ccc(F)cc2)c(C2CC3CC3C2)n1. The summed E-state index contributed by atoms with van der Waals surface area (Å²) in [4.78, 5) is 17.1. The first kappa shape index (κ1) is 12.7. The van der Waals surface area contributed by atoms with Crippen LogP contribution in [0.4, 0.5) is 4.39 Å². The molecule has 0 spiro atoms. The standard InChI is InChI=1S/C17H17FN2O/c1-10-6-16(21)20(15-4-2-14(18)3-5-15)17(19-10)13-8-11-7-12(11)9-13/h2-6,11-13H,7-9H2,1H3. The Bertz CT molecular complexity index is 740. The molecule has 0 saturated heterocycles. The molecule has 0 aliphatic heterocycles. The second kappa shape index (κ2) is 4.52. The van der Waals surface area contributed by atoms with Crippen LogP contribution in [0.5, 0.6) is 0 Å². The van der Waals surface area contributed by atoms with Crippen LogP contribution in [0.1, 0.15) is 36.7 Å². The highest BCUT2D eigenvalue weighted by atomic mass is 19.1. The molecule has 2 aliphatic carbocycles.